The summed E-state index contributed by atoms with van der Waals surface area (Å²) in [6, 6.07) is 3.02. The van der Waals surface area contributed by atoms with Crippen molar-refractivity contribution < 1.29 is 12.9 Å². The molecule has 19 heavy (non-hydrogen) atoms. The van der Waals surface area contributed by atoms with Crippen molar-refractivity contribution in [3.8, 4) is 0 Å². The van der Waals surface area contributed by atoms with Crippen molar-refractivity contribution in [2.24, 2.45) is 0 Å². The summed E-state index contributed by atoms with van der Waals surface area (Å²) in [5.74, 6) is 0.908. The lowest BCUT2D eigenvalue weighted by Gasteiger charge is -2.20. The van der Waals surface area contributed by atoms with Crippen LogP contribution in [0.3, 0.4) is 0 Å². The summed E-state index contributed by atoms with van der Waals surface area (Å²) in [4.78, 5) is 4.16. The molecule has 2 aromatic rings. The van der Waals surface area contributed by atoms with E-state index in [1.807, 2.05) is 0 Å². The van der Waals surface area contributed by atoms with Crippen LogP contribution in [0.15, 0.2) is 26.2 Å². The van der Waals surface area contributed by atoms with Gasteiger partial charge in [0.1, 0.15) is 10.3 Å². The molecule has 1 saturated heterocycles. The molecule has 1 aliphatic rings. The van der Waals surface area contributed by atoms with E-state index in [0.29, 0.717) is 28.9 Å². The Morgan fingerprint density at radius 3 is 3.00 bits per heavy atom. The molecule has 0 spiro atoms. The van der Waals surface area contributed by atoms with Crippen molar-refractivity contribution in [3.63, 3.8) is 0 Å². The summed E-state index contributed by atoms with van der Waals surface area (Å²) in [5, 5.41) is 5.49. The van der Waals surface area contributed by atoms with Crippen LogP contribution in [0.5, 0.6) is 0 Å². The van der Waals surface area contributed by atoms with Gasteiger partial charge in [-0.1, -0.05) is 11.2 Å². The average molecular weight is 299 g/mol. The van der Waals surface area contributed by atoms with Gasteiger partial charge in [0.25, 0.3) is 10.0 Å². The fourth-order valence-corrected chi connectivity index (χ4v) is 5.02. The van der Waals surface area contributed by atoms with Crippen molar-refractivity contribution in [1.29, 1.82) is 0 Å². The summed E-state index contributed by atoms with van der Waals surface area (Å²) in [6.07, 6.45) is 1.52. The first kappa shape index (κ1) is 12.8. The molecule has 2 aromatic heterocycles. The van der Waals surface area contributed by atoms with Crippen molar-refractivity contribution >= 4 is 21.4 Å². The molecule has 0 bridgehead atoms. The monoisotopic (exact) mass is 299 g/mol. The molecule has 0 aliphatic carbocycles. The van der Waals surface area contributed by atoms with Crippen molar-refractivity contribution in [3.05, 3.63) is 29.2 Å². The van der Waals surface area contributed by atoms with Crippen LogP contribution in [0.25, 0.3) is 0 Å². The molecule has 3 heterocycles. The molecule has 1 unspecified atom stereocenters. The minimum Gasteiger partial charge on any atom is -0.338 e. The molecule has 1 fully saturated rings. The van der Waals surface area contributed by atoms with Crippen LogP contribution in [-0.4, -0.2) is 29.4 Å². The summed E-state index contributed by atoms with van der Waals surface area (Å²) in [7, 11) is -3.46. The maximum Gasteiger partial charge on any atom is 0.253 e. The van der Waals surface area contributed by atoms with Crippen molar-refractivity contribution in [2.75, 3.05) is 6.54 Å². The highest BCUT2D eigenvalue weighted by molar-refractivity contribution is 7.91. The molecule has 1 atom stereocenters. The van der Waals surface area contributed by atoms with E-state index in [2.05, 4.69) is 10.1 Å². The van der Waals surface area contributed by atoms with E-state index in [1.54, 1.807) is 24.4 Å². The van der Waals surface area contributed by atoms with E-state index in [9.17, 15) is 8.42 Å². The number of nitrogens with zero attached hydrogens (tertiary/aromatic N) is 3. The van der Waals surface area contributed by atoms with Gasteiger partial charge in [0.15, 0.2) is 5.82 Å². The van der Waals surface area contributed by atoms with Crippen LogP contribution in [0.1, 0.15) is 30.6 Å². The lowest BCUT2D eigenvalue weighted by Crippen LogP contribution is -2.30. The van der Waals surface area contributed by atoms with Gasteiger partial charge < -0.3 is 4.52 Å². The Hall–Kier alpha value is -1.25. The molecule has 8 heteroatoms. The average Bonchev–Trinajstić information content (AvgIpc) is 3.10. The van der Waals surface area contributed by atoms with Gasteiger partial charge >= 0.3 is 0 Å². The van der Waals surface area contributed by atoms with Crippen LogP contribution in [0.4, 0.5) is 0 Å². The van der Waals surface area contributed by atoms with Gasteiger partial charge in [-0.05, 0) is 31.2 Å². The fourth-order valence-electron chi connectivity index (χ4n) is 2.25. The molecular formula is C11H13N3O3S2. The minimum absolute atomic E-state index is 0.340. The number of hydrogen-bond acceptors (Lipinski definition) is 6. The summed E-state index contributed by atoms with van der Waals surface area (Å²) < 4.78 is 32.0. The molecule has 0 radical (unpaired) electrons. The number of thiophene rings is 1. The minimum atomic E-state index is -3.46. The van der Waals surface area contributed by atoms with E-state index in [-0.39, 0.29) is 6.04 Å². The maximum absolute atomic E-state index is 12.5. The van der Waals surface area contributed by atoms with E-state index < -0.39 is 10.0 Å². The Morgan fingerprint density at radius 1 is 1.53 bits per heavy atom. The first-order chi connectivity index (χ1) is 9.09. The molecular weight excluding hydrogens is 286 g/mol. The Labute approximate surface area is 115 Å². The third-order valence-electron chi connectivity index (χ3n) is 3.09. The van der Waals surface area contributed by atoms with Crippen molar-refractivity contribution in [1.82, 2.24) is 14.4 Å². The number of aryl methyl sites for hydroxylation is 1. The first-order valence-electron chi connectivity index (χ1n) is 5.94. The smallest absolute Gasteiger partial charge is 0.253 e. The number of aromatic nitrogens is 2. The van der Waals surface area contributed by atoms with Crippen LogP contribution in [0, 0.1) is 6.92 Å². The third kappa shape index (κ3) is 2.19. The van der Waals surface area contributed by atoms with Gasteiger partial charge in [0.2, 0.25) is 5.89 Å². The zero-order valence-corrected chi connectivity index (χ0v) is 11.9. The standard InChI is InChI=1S/C11H13N3O3S2/c1-8-12-11(17-13-8)9-4-2-6-14(9)19(15,16)10-5-3-7-18-10/h3,5,7,9H,2,4,6H2,1H3. The Morgan fingerprint density at radius 2 is 2.37 bits per heavy atom. The largest absolute Gasteiger partial charge is 0.338 e. The van der Waals surface area contributed by atoms with Gasteiger partial charge in [0.05, 0.1) is 0 Å². The molecule has 6 nitrogen and oxygen atoms in total. The molecule has 3 rings (SSSR count). The predicted molar refractivity (Wildman–Crippen MR) is 69.2 cm³/mol. The highest BCUT2D eigenvalue weighted by Crippen LogP contribution is 2.36. The second-order valence-corrected chi connectivity index (χ2v) is 7.45. The van der Waals surface area contributed by atoms with Crippen LogP contribution < -0.4 is 0 Å². The second kappa shape index (κ2) is 4.69. The predicted octanol–water partition coefficient (Wildman–Crippen LogP) is 1.97. The zero-order valence-electron chi connectivity index (χ0n) is 10.3. The molecule has 1 aliphatic heterocycles. The number of hydrogen-bond donors (Lipinski definition) is 0. The van der Waals surface area contributed by atoms with Gasteiger partial charge in [-0.25, -0.2) is 8.42 Å². The fraction of sp³-hybridized carbons (Fsp3) is 0.455. The molecule has 102 valence electrons. The van der Waals surface area contributed by atoms with E-state index in [1.165, 1.54) is 15.6 Å². The lowest BCUT2D eigenvalue weighted by molar-refractivity contribution is 0.290. The SMILES string of the molecule is Cc1noc(C2CCCN2S(=O)(=O)c2cccs2)n1. The van der Waals surface area contributed by atoms with Crippen LogP contribution in [-0.2, 0) is 10.0 Å². The summed E-state index contributed by atoms with van der Waals surface area (Å²) in [6.45, 7) is 2.21. The van der Waals surface area contributed by atoms with Gasteiger partial charge in [0, 0.05) is 6.54 Å². The van der Waals surface area contributed by atoms with Gasteiger partial charge in [-0.3, -0.25) is 0 Å². The van der Waals surface area contributed by atoms with Crippen LogP contribution >= 0.6 is 11.3 Å². The number of sulfonamides is 1. The zero-order chi connectivity index (χ0) is 13.5. The topological polar surface area (TPSA) is 76.3 Å². The Kier molecular flexibility index (Phi) is 3.15. The van der Waals surface area contributed by atoms with Crippen molar-refractivity contribution in [2.45, 2.75) is 30.0 Å². The van der Waals surface area contributed by atoms with E-state index in [4.69, 9.17) is 4.52 Å². The summed E-state index contributed by atoms with van der Waals surface area (Å²) >= 11 is 1.22. The molecule has 0 amide bonds. The normalized spacial score (nSPS) is 21.0. The molecule has 0 N–H and O–H groups in total. The quantitative estimate of drug-likeness (QED) is 0.866. The number of rotatable bonds is 3. The second-order valence-electron chi connectivity index (χ2n) is 4.39. The maximum atomic E-state index is 12.5. The highest BCUT2D eigenvalue weighted by atomic mass is 32.2. The molecule has 0 aromatic carbocycles. The Balaban J connectivity index is 1.96. The Bertz CT molecular complexity index is 663. The van der Waals surface area contributed by atoms with Gasteiger partial charge in [-0.15, -0.1) is 11.3 Å². The summed E-state index contributed by atoms with van der Waals surface area (Å²) in [5.41, 5.74) is 0. The third-order valence-corrected chi connectivity index (χ3v) is 6.37. The highest BCUT2D eigenvalue weighted by Gasteiger charge is 2.39. The lowest BCUT2D eigenvalue weighted by atomic mass is 10.2. The van der Waals surface area contributed by atoms with E-state index in [0.717, 1.165) is 6.42 Å². The van der Waals surface area contributed by atoms with Gasteiger partial charge in [-0.2, -0.15) is 9.29 Å². The molecule has 0 saturated carbocycles. The van der Waals surface area contributed by atoms with E-state index >= 15 is 0 Å². The van der Waals surface area contributed by atoms with Crippen LogP contribution in [0.2, 0.25) is 0 Å². The first-order valence-corrected chi connectivity index (χ1v) is 8.26.